The SMILES string of the molecule is CCCCCN(C(C)C)S(=O)(=O)CCNC. The van der Waals surface area contributed by atoms with Crippen molar-refractivity contribution in [2.75, 3.05) is 25.9 Å². The van der Waals surface area contributed by atoms with Gasteiger partial charge in [0.1, 0.15) is 0 Å². The normalized spacial score (nSPS) is 12.6. The molecule has 98 valence electrons. The van der Waals surface area contributed by atoms with Crippen LogP contribution in [0, 0.1) is 0 Å². The summed E-state index contributed by atoms with van der Waals surface area (Å²) < 4.78 is 25.6. The van der Waals surface area contributed by atoms with E-state index in [1.807, 2.05) is 13.8 Å². The van der Waals surface area contributed by atoms with E-state index in [1.54, 1.807) is 11.4 Å². The van der Waals surface area contributed by atoms with Gasteiger partial charge in [-0.15, -0.1) is 0 Å². The first-order valence-electron chi connectivity index (χ1n) is 6.09. The van der Waals surface area contributed by atoms with Crippen molar-refractivity contribution < 1.29 is 8.42 Å². The molecule has 0 heterocycles. The van der Waals surface area contributed by atoms with Crippen LogP contribution >= 0.6 is 0 Å². The molecule has 0 aliphatic rings. The number of nitrogens with zero attached hydrogens (tertiary/aromatic N) is 1. The van der Waals surface area contributed by atoms with Gasteiger partial charge in [0.2, 0.25) is 10.0 Å². The van der Waals surface area contributed by atoms with Crippen molar-refractivity contribution in [1.29, 1.82) is 0 Å². The van der Waals surface area contributed by atoms with E-state index in [9.17, 15) is 8.42 Å². The first kappa shape index (κ1) is 15.9. The molecule has 0 spiro atoms. The Labute approximate surface area is 100 Å². The fourth-order valence-electron chi connectivity index (χ4n) is 1.58. The molecule has 0 saturated heterocycles. The molecule has 0 aromatic carbocycles. The molecule has 1 N–H and O–H groups in total. The van der Waals surface area contributed by atoms with Crippen LogP contribution in [0.4, 0.5) is 0 Å². The van der Waals surface area contributed by atoms with Gasteiger partial charge in [-0.1, -0.05) is 19.8 Å². The number of unbranched alkanes of at least 4 members (excludes halogenated alkanes) is 2. The number of hydrogen-bond donors (Lipinski definition) is 1. The lowest BCUT2D eigenvalue weighted by Crippen LogP contribution is -2.40. The molecule has 0 amide bonds. The predicted molar refractivity (Wildman–Crippen MR) is 69.1 cm³/mol. The summed E-state index contributed by atoms with van der Waals surface area (Å²) in [4.78, 5) is 0. The highest BCUT2D eigenvalue weighted by atomic mass is 32.2. The molecular weight excluding hydrogens is 224 g/mol. The summed E-state index contributed by atoms with van der Waals surface area (Å²) in [6, 6.07) is 0.0544. The lowest BCUT2D eigenvalue weighted by atomic mass is 10.2. The van der Waals surface area contributed by atoms with Crippen LogP contribution in [0.3, 0.4) is 0 Å². The van der Waals surface area contributed by atoms with Crippen molar-refractivity contribution in [3.63, 3.8) is 0 Å². The van der Waals surface area contributed by atoms with E-state index in [2.05, 4.69) is 12.2 Å². The minimum atomic E-state index is -3.09. The van der Waals surface area contributed by atoms with E-state index >= 15 is 0 Å². The zero-order valence-corrected chi connectivity index (χ0v) is 11.8. The second-order valence-electron chi connectivity index (χ2n) is 4.33. The minimum absolute atomic E-state index is 0.0544. The summed E-state index contributed by atoms with van der Waals surface area (Å²) in [5.74, 6) is 0.188. The minimum Gasteiger partial charge on any atom is -0.319 e. The zero-order valence-electron chi connectivity index (χ0n) is 11.0. The Bertz CT molecular complexity index is 263. The lowest BCUT2D eigenvalue weighted by molar-refractivity contribution is 0.345. The molecule has 0 fully saturated rings. The van der Waals surface area contributed by atoms with E-state index in [0.29, 0.717) is 13.1 Å². The van der Waals surface area contributed by atoms with Crippen LogP contribution in [-0.4, -0.2) is 44.7 Å². The molecule has 0 aromatic rings. The van der Waals surface area contributed by atoms with Gasteiger partial charge in [0.05, 0.1) is 5.75 Å². The molecule has 16 heavy (non-hydrogen) atoms. The fraction of sp³-hybridized carbons (Fsp3) is 1.00. The third-order valence-corrected chi connectivity index (χ3v) is 4.56. The van der Waals surface area contributed by atoms with Crippen molar-refractivity contribution >= 4 is 10.0 Å². The highest BCUT2D eigenvalue weighted by Crippen LogP contribution is 2.10. The molecule has 0 unspecified atom stereocenters. The summed E-state index contributed by atoms with van der Waals surface area (Å²) >= 11 is 0. The average Bonchev–Trinajstić information content (AvgIpc) is 2.20. The third kappa shape index (κ3) is 5.82. The monoisotopic (exact) mass is 250 g/mol. The maximum absolute atomic E-state index is 12.0. The predicted octanol–water partition coefficient (Wildman–Crippen LogP) is 1.44. The number of rotatable bonds is 9. The van der Waals surface area contributed by atoms with Gasteiger partial charge in [-0.05, 0) is 27.3 Å². The molecule has 0 atom stereocenters. The Balaban J connectivity index is 4.39. The van der Waals surface area contributed by atoms with Gasteiger partial charge in [-0.3, -0.25) is 0 Å². The van der Waals surface area contributed by atoms with Crippen molar-refractivity contribution in [3.8, 4) is 0 Å². The van der Waals surface area contributed by atoms with E-state index in [4.69, 9.17) is 0 Å². The Kier molecular flexibility index (Phi) is 7.97. The molecule has 0 bridgehead atoms. The topological polar surface area (TPSA) is 49.4 Å². The van der Waals surface area contributed by atoms with Crippen LogP contribution < -0.4 is 5.32 Å². The van der Waals surface area contributed by atoms with Gasteiger partial charge in [0.15, 0.2) is 0 Å². The van der Waals surface area contributed by atoms with Crippen LogP contribution in [0.1, 0.15) is 40.0 Å². The van der Waals surface area contributed by atoms with Crippen molar-refractivity contribution in [2.45, 2.75) is 46.1 Å². The van der Waals surface area contributed by atoms with Crippen LogP contribution in [-0.2, 0) is 10.0 Å². The second kappa shape index (κ2) is 8.03. The first-order valence-corrected chi connectivity index (χ1v) is 7.70. The van der Waals surface area contributed by atoms with E-state index < -0.39 is 10.0 Å². The van der Waals surface area contributed by atoms with Gasteiger partial charge >= 0.3 is 0 Å². The van der Waals surface area contributed by atoms with Crippen LogP contribution in [0.2, 0.25) is 0 Å². The van der Waals surface area contributed by atoms with Crippen LogP contribution in [0.15, 0.2) is 0 Å². The first-order chi connectivity index (χ1) is 7.45. The largest absolute Gasteiger partial charge is 0.319 e. The maximum atomic E-state index is 12.0. The van der Waals surface area contributed by atoms with E-state index in [1.165, 1.54) is 0 Å². The molecule has 0 radical (unpaired) electrons. The molecule has 0 aliphatic heterocycles. The van der Waals surface area contributed by atoms with Gasteiger partial charge in [-0.2, -0.15) is 4.31 Å². The number of sulfonamides is 1. The average molecular weight is 250 g/mol. The fourth-order valence-corrected chi connectivity index (χ4v) is 3.33. The van der Waals surface area contributed by atoms with E-state index in [-0.39, 0.29) is 11.8 Å². The van der Waals surface area contributed by atoms with Crippen molar-refractivity contribution in [3.05, 3.63) is 0 Å². The maximum Gasteiger partial charge on any atom is 0.215 e. The summed E-state index contributed by atoms with van der Waals surface area (Å²) in [6.07, 6.45) is 3.15. The smallest absolute Gasteiger partial charge is 0.215 e. The lowest BCUT2D eigenvalue weighted by Gasteiger charge is -2.25. The Morgan fingerprint density at radius 1 is 1.25 bits per heavy atom. The zero-order chi connectivity index (χ0) is 12.6. The second-order valence-corrected chi connectivity index (χ2v) is 6.37. The van der Waals surface area contributed by atoms with Gasteiger partial charge in [-0.25, -0.2) is 8.42 Å². The number of hydrogen-bond acceptors (Lipinski definition) is 3. The summed E-state index contributed by atoms with van der Waals surface area (Å²) in [6.45, 7) is 7.15. The van der Waals surface area contributed by atoms with Gasteiger partial charge in [0, 0.05) is 19.1 Å². The number of nitrogens with one attached hydrogen (secondary N) is 1. The van der Waals surface area contributed by atoms with Gasteiger partial charge < -0.3 is 5.32 Å². The Hall–Kier alpha value is -0.130. The van der Waals surface area contributed by atoms with Crippen LogP contribution in [0.25, 0.3) is 0 Å². The quantitative estimate of drug-likeness (QED) is 0.630. The van der Waals surface area contributed by atoms with Crippen molar-refractivity contribution in [2.24, 2.45) is 0 Å². The molecular formula is C11H26N2O2S. The Morgan fingerprint density at radius 2 is 1.88 bits per heavy atom. The summed E-state index contributed by atoms with van der Waals surface area (Å²) in [5, 5.41) is 2.88. The molecule has 0 aromatic heterocycles. The summed E-state index contributed by atoms with van der Waals surface area (Å²) in [7, 11) is -1.32. The molecule has 0 aliphatic carbocycles. The highest BCUT2D eigenvalue weighted by molar-refractivity contribution is 7.89. The van der Waals surface area contributed by atoms with Crippen LogP contribution in [0.5, 0.6) is 0 Å². The summed E-state index contributed by atoms with van der Waals surface area (Å²) in [5.41, 5.74) is 0. The highest BCUT2D eigenvalue weighted by Gasteiger charge is 2.23. The Morgan fingerprint density at radius 3 is 2.31 bits per heavy atom. The molecule has 0 rings (SSSR count). The standard InChI is InChI=1S/C11H26N2O2S/c1-5-6-7-9-13(11(2)3)16(14,15)10-8-12-4/h11-12H,5-10H2,1-4H3. The van der Waals surface area contributed by atoms with Gasteiger partial charge in [0.25, 0.3) is 0 Å². The van der Waals surface area contributed by atoms with Crippen molar-refractivity contribution in [1.82, 2.24) is 9.62 Å². The molecule has 5 heteroatoms. The third-order valence-electron chi connectivity index (χ3n) is 2.53. The molecule has 0 saturated carbocycles. The molecule has 4 nitrogen and oxygen atoms in total. The van der Waals surface area contributed by atoms with E-state index in [0.717, 1.165) is 19.3 Å².